The van der Waals surface area contributed by atoms with Gasteiger partial charge in [-0.05, 0) is 36.4 Å². The molecule has 1 heterocycles. The van der Waals surface area contributed by atoms with E-state index in [1.807, 2.05) is 0 Å². The molecule has 27 heavy (non-hydrogen) atoms. The minimum atomic E-state index is -4.50. The summed E-state index contributed by atoms with van der Waals surface area (Å²) in [4.78, 5) is 13.2. The van der Waals surface area contributed by atoms with Gasteiger partial charge < -0.3 is 5.32 Å². The van der Waals surface area contributed by atoms with Crippen molar-refractivity contribution in [2.24, 2.45) is 0 Å². The van der Waals surface area contributed by atoms with Gasteiger partial charge in [0, 0.05) is 5.56 Å². The zero-order valence-corrected chi connectivity index (χ0v) is 13.9. The van der Waals surface area contributed by atoms with Crippen molar-refractivity contribution in [3.8, 4) is 11.4 Å². The van der Waals surface area contributed by atoms with Gasteiger partial charge in [-0.2, -0.15) is 18.0 Å². The van der Waals surface area contributed by atoms with Crippen LogP contribution in [0.1, 0.15) is 18.5 Å². The van der Waals surface area contributed by atoms with Crippen LogP contribution in [0.3, 0.4) is 0 Å². The standard InChI is InChI=1S/C17H13F4N5O/c1-10(16(27)22-14-8-3-2-7-13(14)18)26-24-15(23-25-26)11-5-4-6-12(9-11)17(19,20)21/h2-10H,1H3,(H,22,27). The van der Waals surface area contributed by atoms with Crippen molar-refractivity contribution in [2.75, 3.05) is 5.32 Å². The number of rotatable bonds is 4. The van der Waals surface area contributed by atoms with Crippen LogP contribution in [-0.2, 0) is 11.0 Å². The molecule has 1 atom stereocenters. The van der Waals surface area contributed by atoms with Crippen LogP contribution in [0.5, 0.6) is 0 Å². The second-order valence-electron chi connectivity index (χ2n) is 5.66. The molecule has 0 saturated heterocycles. The first kappa shape index (κ1) is 18.5. The van der Waals surface area contributed by atoms with Crippen LogP contribution in [0, 0.1) is 5.82 Å². The third kappa shape index (κ3) is 4.10. The van der Waals surface area contributed by atoms with Crippen LogP contribution in [0.2, 0.25) is 0 Å². The van der Waals surface area contributed by atoms with Crippen molar-refractivity contribution in [1.82, 2.24) is 20.2 Å². The van der Waals surface area contributed by atoms with E-state index in [1.54, 1.807) is 6.07 Å². The van der Waals surface area contributed by atoms with Gasteiger partial charge in [-0.25, -0.2) is 4.39 Å². The Morgan fingerprint density at radius 2 is 1.89 bits per heavy atom. The number of amides is 1. The summed E-state index contributed by atoms with van der Waals surface area (Å²) in [6, 6.07) is 9.12. The lowest BCUT2D eigenvalue weighted by Gasteiger charge is -2.11. The van der Waals surface area contributed by atoms with E-state index in [2.05, 4.69) is 20.7 Å². The van der Waals surface area contributed by atoms with Gasteiger partial charge in [0.2, 0.25) is 5.82 Å². The summed E-state index contributed by atoms with van der Waals surface area (Å²) in [6.45, 7) is 1.45. The maximum atomic E-state index is 13.6. The molecule has 0 spiro atoms. The van der Waals surface area contributed by atoms with E-state index < -0.39 is 29.5 Å². The molecule has 3 aromatic rings. The van der Waals surface area contributed by atoms with Gasteiger partial charge in [0.15, 0.2) is 0 Å². The van der Waals surface area contributed by atoms with E-state index >= 15 is 0 Å². The number of carbonyl (C=O) groups excluding carboxylic acids is 1. The number of para-hydroxylation sites is 1. The number of halogens is 4. The number of tetrazole rings is 1. The molecule has 0 radical (unpaired) electrons. The van der Waals surface area contributed by atoms with E-state index in [0.717, 1.165) is 16.9 Å². The third-order valence-corrected chi connectivity index (χ3v) is 3.73. The second-order valence-corrected chi connectivity index (χ2v) is 5.66. The number of alkyl halides is 3. The quantitative estimate of drug-likeness (QED) is 0.702. The van der Waals surface area contributed by atoms with Crippen molar-refractivity contribution in [3.05, 3.63) is 59.9 Å². The largest absolute Gasteiger partial charge is 0.416 e. The maximum Gasteiger partial charge on any atom is 0.416 e. The van der Waals surface area contributed by atoms with Gasteiger partial charge in [0.05, 0.1) is 11.3 Å². The average Bonchev–Trinajstić information content (AvgIpc) is 3.12. The Kier molecular flexibility index (Phi) is 4.89. The fourth-order valence-corrected chi connectivity index (χ4v) is 2.24. The van der Waals surface area contributed by atoms with E-state index in [0.29, 0.717) is 0 Å². The second kappa shape index (κ2) is 7.14. The molecular weight excluding hydrogens is 366 g/mol. The Hall–Kier alpha value is -3.30. The molecule has 0 bridgehead atoms. The number of anilines is 1. The summed E-state index contributed by atoms with van der Waals surface area (Å²) < 4.78 is 52.1. The zero-order valence-electron chi connectivity index (χ0n) is 13.9. The van der Waals surface area contributed by atoms with Gasteiger partial charge in [-0.1, -0.05) is 24.3 Å². The van der Waals surface area contributed by atoms with Gasteiger partial charge in [0.1, 0.15) is 11.9 Å². The molecule has 10 heteroatoms. The normalized spacial score (nSPS) is 12.6. The molecule has 2 aromatic carbocycles. The van der Waals surface area contributed by atoms with Crippen molar-refractivity contribution < 1.29 is 22.4 Å². The first-order chi connectivity index (χ1) is 12.8. The molecule has 140 valence electrons. The van der Waals surface area contributed by atoms with Crippen LogP contribution in [0.15, 0.2) is 48.5 Å². The minimum Gasteiger partial charge on any atom is -0.322 e. The molecule has 3 rings (SSSR count). The Labute approximate surface area is 150 Å². The molecule has 0 saturated carbocycles. The summed E-state index contributed by atoms with van der Waals surface area (Å²) in [5.41, 5.74) is -0.743. The number of hydrogen-bond donors (Lipinski definition) is 1. The molecule has 1 amide bonds. The Balaban J connectivity index is 1.79. The summed E-state index contributed by atoms with van der Waals surface area (Å²) in [5, 5.41) is 13.8. The van der Waals surface area contributed by atoms with E-state index in [1.165, 1.54) is 37.3 Å². The lowest BCUT2D eigenvalue weighted by atomic mass is 10.1. The molecule has 0 aliphatic carbocycles. The summed E-state index contributed by atoms with van der Waals surface area (Å²) in [5.74, 6) is -1.27. The Morgan fingerprint density at radius 1 is 1.15 bits per heavy atom. The molecule has 0 aliphatic heterocycles. The number of benzene rings is 2. The summed E-state index contributed by atoms with van der Waals surface area (Å²) in [6.07, 6.45) is -4.50. The molecular formula is C17H13F4N5O. The highest BCUT2D eigenvalue weighted by molar-refractivity contribution is 5.93. The smallest absolute Gasteiger partial charge is 0.322 e. The van der Waals surface area contributed by atoms with Crippen molar-refractivity contribution in [3.63, 3.8) is 0 Å². The van der Waals surface area contributed by atoms with E-state index in [-0.39, 0.29) is 17.1 Å². The number of nitrogens with one attached hydrogen (secondary N) is 1. The molecule has 0 aliphatic rings. The van der Waals surface area contributed by atoms with Crippen molar-refractivity contribution >= 4 is 11.6 Å². The van der Waals surface area contributed by atoms with E-state index in [9.17, 15) is 22.4 Å². The van der Waals surface area contributed by atoms with Gasteiger partial charge in [-0.15, -0.1) is 10.2 Å². The lowest BCUT2D eigenvalue weighted by Crippen LogP contribution is -2.25. The van der Waals surface area contributed by atoms with Gasteiger partial charge >= 0.3 is 6.18 Å². The number of aromatic nitrogens is 4. The fourth-order valence-electron chi connectivity index (χ4n) is 2.24. The monoisotopic (exact) mass is 379 g/mol. The molecule has 1 N–H and O–H groups in total. The number of hydrogen-bond acceptors (Lipinski definition) is 4. The average molecular weight is 379 g/mol. The minimum absolute atomic E-state index is 0.00688. The first-order valence-electron chi connectivity index (χ1n) is 7.78. The predicted octanol–water partition coefficient (Wildman–Crippen LogP) is 3.70. The van der Waals surface area contributed by atoms with Crippen LogP contribution in [0.25, 0.3) is 11.4 Å². The fraction of sp³-hybridized carbons (Fsp3) is 0.176. The molecule has 0 fully saturated rings. The maximum absolute atomic E-state index is 13.6. The first-order valence-corrected chi connectivity index (χ1v) is 7.78. The summed E-state index contributed by atoms with van der Waals surface area (Å²) in [7, 11) is 0. The Morgan fingerprint density at radius 3 is 2.59 bits per heavy atom. The molecule has 6 nitrogen and oxygen atoms in total. The van der Waals surface area contributed by atoms with Crippen LogP contribution in [0.4, 0.5) is 23.2 Å². The topological polar surface area (TPSA) is 72.7 Å². The zero-order chi connectivity index (χ0) is 19.6. The number of nitrogens with zero attached hydrogens (tertiary/aromatic N) is 4. The van der Waals surface area contributed by atoms with Crippen LogP contribution < -0.4 is 5.32 Å². The lowest BCUT2D eigenvalue weighted by molar-refractivity contribution is -0.137. The van der Waals surface area contributed by atoms with Crippen LogP contribution in [-0.4, -0.2) is 26.1 Å². The SMILES string of the molecule is CC(C(=O)Nc1ccccc1F)n1nnc(-c2cccc(C(F)(F)F)c2)n1. The van der Waals surface area contributed by atoms with Crippen LogP contribution >= 0.6 is 0 Å². The highest BCUT2D eigenvalue weighted by Crippen LogP contribution is 2.31. The highest BCUT2D eigenvalue weighted by atomic mass is 19.4. The summed E-state index contributed by atoms with van der Waals surface area (Å²) >= 11 is 0. The van der Waals surface area contributed by atoms with Gasteiger partial charge in [0.25, 0.3) is 5.91 Å². The predicted molar refractivity (Wildman–Crippen MR) is 88.0 cm³/mol. The number of carbonyl (C=O) groups is 1. The molecule has 1 aromatic heterocycles. The Bertz CT molecular complexity index is 970. The van der Waals surface area contributed by atoms with Crippen molar-refractivity contribution in [2.45, 2.75) is 19.1 Å². The highest BCUT2D eigenvalue weighted by Gasteiger charge is 2.31. The molecule has 1 unspecified atom stereocenters. The van der Waals surface area contributed by atoms with Gasteiger partial charge in [-0.3, -0.25) is 4.79 Å². The van der Waals surface area contributed by atoms with Crippen molar-refractivity contribution in [1.29, 1.82) is 0 Å². The third-order valence-electron chi connectivity index (χ3n) is 3.73. The van der Waals surface area contributed by atoms with E-state index in [4.69, 9.17) is 0 Å².